The fourth-order valence-corrected chi connectivity index (χ4v) is 3.94. The molecular formula is C17H20ClN3O. The Morgan fingerprint density at radius 1 is 1.09 bits per heavy atom. The summed E-state index contributed by atoms with van der Waals surface area (Å²) in [4.78, 5) is 9.89. The third-order valence-electron chi connectivity index (χ3n) is 4.92. The van der Waals surface area contributed by atoms with E-state index < -0.39 is 0 Å². The first-order chi connectivity index (χ1) is 10.8. The number of methoxy groups -OCH3 is 1. The highest BCUT2D eigenvalue weighted by molar-refractivity contribution is 6.36. The van der Waals surface area contributed by atoms with E-state index in [0.29, 0.717) is 16.8 Å². The summed E-state index contributed by atoms with van der Waals surface area (Å²) in [6, 6.07) is 8.67. The molecule has 0 spiro atoms. The predicted molar refractivity (Wildman–Crippen MR) is 90.1 cm³/mol. The molecule has 116 valence electrons. The van der Waals surface area contributed by atoms with E-state index in [1.165, 1.54) is 25.9 Å². The van der Waals surface area contributed by atoms with Crippen LogP contribution in [0.5, 0.6) is 5.75 Å². The third-order valence-corrected chi connectivity index (χ3v) is 5.31. The van der Waals surface area contributed by atoms with Crippen LogP contribution in [-0.4, -0.2) is 49.2 Å². The van der Waals surface area contributed by atoms with Crippen LogP contribution in [0.1, 0.15) is 12.8 Å². The van der Waals surface area contributed by atoms with Gasteiger partial charge in [0.05, 0.1) is 17.6 Å². The quantitative estimate of drug-likeness (QED) is 0.850. The van der Waals surface area contributed by atoms with E-state index >= 15 is 0 Å². The maximum atomic E-state index is 6.38. The number of ether oxygens (including phenoxy) is 1. The van der Waals surface area contributed by atoms with Crippen LogP contribution in [-0.2, 0) is 0 Å². The van der Waals surface area contributed by atoms with Gasteiger partial charge in [0.2, 0.25) is 0 Å². The van der Waals surface area contributed by atoms with E-state index in [9.17, 15) is 0 Å². The van der Waals surface area contributed by atoms with Gasteiger partial charge < -0.3 is 14.5 Å². The van der Waals surface area contributed by atoms with E-state index in [1.807, 2.05) is 12.1 Å². The Morgan fingerprint density at radius 2 is 1.91 bits per heavy atom. The summed E-state index contributed by atoms with van der Waals surface area (Å²) in [5, 5.41) is 1.59. The topological polar surface area (TPSA) is 28.6 Å². The molecule has 2 aromatic rings. The second-order valence-electron chi connectivity index (χ2n) is 6.08. The highest BCUT2D eigenvalue weighted by atomic mass is 35.5. The Kier molecular flexibility index (Phi) is 3.59. The molecule has 4 heterocycles. The highest BCUT2D eigenvalue weighted by Crippen LogP contribution is 2.34. The second kappa shape index (κ2) is 5.60. The summed E-state index contributed by atoms with van der Waals surface area (Å²) in [6.45, 7) is 4.64. The van der Waals surface area contributed by atoms with Gasteiger partial charge in [-0.3, -0.25) is 0 Å². The maximum absolute atomic E-state index is 6.38. The van der Waals surface area contributed by atoms with Gasteiger partial charge in [0.1, 0.15) is 11.6 Å². The Labute approximate surface area is 135 Å². The zero-order valence-electron chi connectivity index (χ0n) is 12.8. The zero-order valence-corrected chi connectivity index (χ0v) is 13.5. The lowest BCUT2D eigenvalue weighted by Crippen LogP contribution is -2.38. The summed E-state index contributed by atoms with van der Waals surface area (Å²) in [5.74, 6) is 1.77. The molecule has 0 amide bonds. The molecule has 5 heteroatoms. The number of hydrogen-bond donors (Lipinski definition) is 0. The van der Waals surface area contributed by atoms with Crippen molar-refractivity contribution in [2.45, 2.75) is 18.9 Å². The van der Waals surface area contributed by atoms with Crippen LogP contribution in [0.4, 0.5) is 5.82 Å². The molecule has 4 nitrogen and oxygen atoms in total. The monoisotopic (exact) mass is 317 g/mol. The van der Waals surface area contributed by atoms with Gasteiger partial charge >= 0.3 is 0 Å². The molecule has 5 rings (SSSR count). The number of benzene rings is 1. The Balaban J connectivity index is 1.73. The van der Waals surface area contributed by atoms with E-state index in [0.717, 1.165) is 29.8 Å². The van der Waals surface area contributed by atoms with Crippen LogP contribution < -0.4 is 9.64 Å². The minimum atomic E-state index is 0.623. The van der Waals surface area contributed by atoms with Crippen molar-refractivity contribution in [3.8, 4) is 5.75 Å². The number of fused-ring (bicyclic) bond motifs is 5. The first-order valence-electron chi connectivity index (χ1n) is 7.88. The first kappa shape index (κ1) is 14.1. The summed E-state index contributed by atoms with van der Waals surface area (Å²) < 4.78 is 5.28. The molecule has 3 aliphatic heterocycles. The number of anilines is 1. The van der Waals surface area contributed by atoms with Crippen molar-refractivity contribution in [2.75, 3.05) is 38.2 Å². The predicted octanol–water partition coefficient (Wildman–Crippen LogP) is 3.18. The summed E-state index contributed by atoms with van der Waals surface area (Å²) in [7, 11) is 1.64. The number of hydrogen-bond acceptors (Lipinski definition) is 4. The average Bonchev–Trinajstić information content (AvgIpc) is 2.89. The number of aromatic nitrogens is 1. The molecule has 3 aliphatic rings. The number of rotatable bonds is 2. The minimum absolute atomic E-state index is 0.623. The van der Waals surface area contributed by atoms with Crippen molar-refractivity contribution in [3.63, 3.8) is 0 Å². The first-order valence-corrected chi connectivity index (χ1v) is 8.26. The van der Waals surface area contributed by atoms with Gasteiger partial charge in [-0.25, -0.2) is 4.98 Å². The van der Waals surface area contributed by atoms with Crippen LogP contribution in [0.3, 0.4) is 0 Å². The lowest BCUT2D eigenvalue weighted by atomic mass is 10.1. The van der Waals surface area contributed by atoms with Crippen molar-refractivity contribution in [3.05, 3.63) is 29.3 Å². The number of nitrogens with zero attached hydrogens (tertiary/aromatic N) is 3. The van der Waals surface area contributed by atoms with Crippen molar-refractivity contribution in [1.82, 2.24) is 9.88 Å². The van der Waals surface area contributed by atoms with Crippen LogP contribution in [0.2, 0.25) is 5.02 Å². The van der Waals surface area contributed by atoms with E-state index in [2.05, 4.69) is 21.9 Å². The standard InChI is InChI=1S/C17H20ClN3O/c1-22-15-4-3-14-13(17(15)18)2-5-16(19-14)21-11-10-20-8-6-12(21)7-9-20/h2-5,12H,6-11H2,1H3. The maximum Gasteiger partial charge on any atom is 0.138 e. The Hall–Kier alpha value is -1.52. The molecule has 0 aliphatic carbocycles. The fourth-order valence-electron chi connectivity index (χ4n) is 3.64. The largest absolute Gasteiger partial charge is 0.495 e. The van der Waals surface area contributed by atoms with Crippen molar-refractivity contribution in [1.29, 1.82) is 0 Å². The number of halogens is 1. The molecule has 1 aromatic heterocycles. The lowest BCUT2D eigenvalue weighted by molar-refractivity contribution is 0.250. The Morgan fingerprint density at radius 3 is 2.68 bits per heavy atom. The minimum Gasteiger partial charge on any atom is -0.495 e. The van der Waals surface area contributed by atoms with Crippen LogP contribution >= 0.6 is 11.6 Å². The molecule has 2 bridgehead atoms. The summed E-state index contributed by atoms with van der Waals surface area (Å²) in [6.07, 6.45) is 2.48. The van der Waals surface area contributed by atoms with E-state index in [4.69, 9.17) is 21.3 Å². The van der Waals surface area contributed by atoms with Gasteiger partial charge in [-0.2, -0.15) is 0 Å². The van der Waals surface area contributed by atoms with Gasteiger partial charge in [0.25, 0.3) is 0 Å². The SMILES string of the molecule is COc1ccc2nc(N3CCN4CCC3CC4)ccc2c1Cl. The van der Waals surface area contributed by atoms with Gasteiger partial charge in [-0.15, -0.1) is 0 Å². The van der Waals surface area contributed by atoms with Crippen molar-refractivity contribution >= 4 is 28.3 Å². The molecule has 0 saturated carbocycles. The molecule has 22 heavy (non-hydrogen) atoms. The van der Waals surface area contributed by atoms with Crippen LogP contribution in [0, 0.1) is 0 Å². The van der Waals surface area contributed by atoms with Crippen LogP contribution in [0.15, 0.2) is 24.3 Å². The van der Waals surface area contributed by atoms with E-state index in [1.54, 1.807) is 7.11 Å². The molecule has 0 unspecified atom stereocenters. The molecule has 0 radical (unpaired) electrons. The Bertz CT molecular complexity index is 698. The molecule has 1 aromatic carbocycles. The second-order valence-corrected chi connectivity index (χ2v) is 6.46. The molecule has 3 saturated heterocycles. The third kappa shape index (κ3) is 2.31. The van der Waals surface area contributed by atoms with Crippen LogP contribution in [0.25, 0.3) is 10.9 Å². The highest BCUT2D eigenvalue weighted by Gasteiger charge is 2.29. The molecule has 3 fully saturated rings. The van der Waals surface area contributed by atoms with Crippen molar-refractivity contribution in [2.24, 2.45) is 0 Å². The van der Waals surface area contributed by atoms with E-state index in [-0.39, 0.29) is 0 Å². The van der Waals surface area contributed by atoms with Gasteiger partial charge in [-0.1, -0.05) is 11.6 Å². The molecule has 0 atom stereocenters. The number of piperidine rings is 1. The normalized spacial score (nSPS) is 24.5. The lowest BCUT2D eigenvalue weighted by Gasteiger charge is -2.32. The average molecular weight is 318 g/mol. The van der Waals surface area contributed by atoms with Crippen molar-refractivity contribution < 1.29 is 4.74 Å². The summed E-state index contributed by atoms with van der Waals surface area (Å²) in [5.41, 5.74) is 0.933. The molecular weight excluding hydrogens is 298 g/mol. The van der Waals surface area contributed by atoms with Gasteiger partial charge in [0.15, 0.2) is 0 Å². The van der Waals surface area contributed by atoms with Gasteiger partial charge in [0, 0.05) is 37.6 Å². The number of pyridine rings is 1. The fraction of sp³-hybridized carbons (Fsp3) is 0.471. The smallest absolute Gasteiger partial charge is 0.138 e. The zero-order chi connectivity index (χ0) is 15.1. The van der Waals surface area contributed by atoms with Gasteiger partial charge in [-0.05, 0) is 37.1 Å². The molecule has 0 N–H and O–H groups in total. The summed E-state index contributed by atoms with van der Waals surface area (Å²) >= 11 is 6.38.